The number of rotatable bonds is 7. The smallest absolute Gasteiger partial charge is 0.417 e. The van der Waals surface area contributed by atoms with Crippen LogP contribution < -0.4 is 0 Å². The minimum absolute atomic E-state index is 0.142. The van der Waals surface area contributed by atoms with E-state index in [4.69, 9.17) is 0 Å². The van der Waals surface area contributed by atoms with Crippen molar-refractivity contribution in [3.63, 3.8) is 0 Å². The summed E-state index contributed by atoms with van der Waals surface area (Å²) >= 11 is 0. The number of halogens is 2. The summed E-state index contributed by atoms with van der Waals surface area (Å²) in [7, 11) is 0.957. The number of hydrogen-bond acceptors (Lipinski definition) is 8. The Morgan fingerprint density at radius 3 is 2.00 bits per heavy atom. The molecule has 0 atom stereocenters. The van der Waals surface area contributed by atoms with Crippen LogP contribution in [0.1, 0.15) is 6.42 Å². The van der Waals surface area contributed by atoms with Crippen LogP contribution in [0.2, 0.25) is 0 Å². The van der Waals surface area contributed by atoms with E-state index in [1.54, 1.807) is 0 Å². The largest absolute Gasteiger partial charge is 0.461 e. The van der Waals surface area contributed by atoms with Gasteiger partial charge >= 0.3 is 23.9 Å². The van der Waals surface area contributed by atoms with Gasteiger partial charge in [0.25, 0.3) is 0 Å². The Kier molecular flexibility index (Phi) is 9.56. The zero-order valence-electron chi connectivity index (χ0n) is 12.1. The Labute approximate surface area is 129 Å². The fourth-order valence-electron chi connectivity index (χ4n) is 0.965. The Morgan fingerprint density at radius 1 is 0.913 bits per heavy atom. The van der Waals surface area contributed by atoms with Crippen molar-refractivity contribution in [2.24, 2.45) is 0 Å². The molecular weight excluding hydrogens is 322 g/mol. The molecule has 0 saturated heterocycles. The van der Waals surface area contributed by atoms with E-state index in [2.05, 4.69) is 25.5 Å². The number of esters is 4. The monoisotopic (exact) mass is 336 g/mol. The van der Waals surface area contributed by atoms with E-state index < -0.39 is 48.7 Å². The highest BCUT2D eigenvalue weighted by Crippen LogP contribution is 2.01. The maximum atomic E-state index is 13.2. The minimum atomic E-state index is -1.42. The van der Waals surface area contributed by atoms with Crippen LogP contribution >= 0.6 is 0 Å². The lowest BCUT2D eigenvalue weighted by atomic mass is 10.4. The Balaban J connectivity index is 3.97. The molecule has 0 aromatic heterocycles. The predicted molar refractivity (Wildman–Crippen MR) is 68.9 cm³/mol. The molecule has 0 aromatic carbocycles. The summed E-state index contributed by atoms with van der Waals surface area (Å²) in [5, 5.41) is 0. The van der Waals surface area contributed by atoms with Gasteiger partial charge in [0.2, 0.25) is 0 Å². The van der Waals surface area contributed by atoms with Crippen LogP contribution in [-0.2, 0) is 38.1 Å². The van der Waals surface area contributed by atoms with E-state index >= 15 is 0 Å². The molecule has 0 spiro atoms. The van der Waals surface area contributed by atoms with E-state index in [0.29, 0.717) is 0 Å². The zero-order valence-corrected chi connectivity index (χ0v) is 12.1. The maximum Gasteiger partial charge on any atom is 0.417 e. The fraction of sp³-hybridized carbons (Fsp3) is 0.385. The number of carbonyl (C=O) groups is 4. The Bertz CT molecular complexity index is 512. The van der Waals surface area contributed by atoms with Crippen LogP contribution in [0, 0.1) is 0 Å². The van der Waals surface area contributed by atoms with Crippen molar-refractivity contribution in [2.45, 2.75) is 6.42 Å². The topological polar surface area (TPSA) is 105 Å². The first-order valence-corrected chi connectivity index (χ1v) is 6.04. The molecule has 0 heterocycles. The quantitative estimate of drug-likeness (QED) is 0.287. The number of hydrogen-bond donors (Lipinski definition) is 0. The highest BCUT2D eigenvalue weighted by atomic mass is 19.1. The summed E-state index contributed by atoms with van der Waals surface area (Å²) in [5.74, 6) is -7.29. The lowest BCUT2D eigenvalue weighted by Crippen LogP contribution is -2.21. The molecule has 0 saturated carbocycles. The second-order valence-corrected chi connectivity index (χ2v) is 3.74. The van der Waals surface area contributed by atoms with Crippen molar-refractivity contribution in [2.75, 3.05) is 26.9 Å². The van der Waals surface area contributed by atoms with Crippen LogP contribution in [0.4, 0.5) is 8.78 Å². The number of carbonyl (C=O) groups excluding carboxylic acids is 4. The Morgan fingerprint density at radius 2 is 1.43 bits per heavy atom. The molecule has 0 aliphatic carbocycles. The summed E-state index contributed by atoms with van der Waals surface area (Å²) in [6.45, 7) is 0.872. The molecular formula is C13H14F2O8. The van der Waals surface area contributed by atoms with Crippen molar-refractivity contribution in [3.8, 4) is 0 Å². The van der Waals surface area contributed by atoms with Crippen LogP contribution in [0.15, 0.2) is 24.3 Å². The normalized spacial score (nSPS) is 10.5. The summed E-state index contributed by atoms with van der Waals surface area (Å²) < 4.78 is 42.2. The standard InChI is InChI=1S/C13H14F2O8/c1-8(14)6-22-13(19)12(18)21-5-3-4-9(15)7-23-11(17)10(16)20-2/h4H,1,3,5-7H2,2H3/b9-4-. The van der Waals surface area contributed by atoms with Crippen molar-refractivity contribution >= 4 is 23.9 Å². The van der Waals surface area contributed by atoms with Gasteiger partial charge in [0.15, 0.2) is 0 Å². The average Bonchev–Trinajstić information content (AvgIpc) is 2.52. The molecule has 0 N–H and O–H groups in total. The maximum absolute atomic E-state index is 13.2. The van der Waals surface area contributed by atoms with Crippen LogP contribution in [0.25, 0.3) is 0 Å². The van der Waals surface area contributed by atoms with Crippen molar-refractivity contribution in [1.29, 1.82) is 0 Å². The van der Waals surface area contributed by atoms with E-state index in [-0.39, 0.29) is 13.0 Å². The van der Waals surface area contributed by atoms with E-state index in [0.717, 1.165) is 13.2 Å². The van der Waals surface area contributed by atoms with Crippen molar-refractivity contribution in [1.82, 2.24) is 0 Å². The van der Waals surface area contributed by atoms with Crippen LogP contribution in [-0.4, -0.2) is 50.8 Å². The first-order chi connectivity index (χ1) is 10.8. The third-order valence-electron chi connectivity index (χ3n) is 1.94. The molecule has 0 aliphatic rings. The van der Waals surface area contributed by atoms with Gasteiger partial charge < -0.3 is 18.9 Å². The van der Waals surface area contributed by atoms with Gasteiger partial charge in [-0.1, -0.05) is 6.58 Å². The molecule has 8 nitrogen and oxygen atoms in total. The molecule has 0 amide bonds. The molecule has 128 valence electrons. The van der Waals surface area contributed by atoms with Gasteiger partial charge in [-0.25, -0.2) is 28.0 Å². The van der Waals surface area contributed by atoms with Gasteiger partial charge in [-0.05, 0) is 6.08 Å². The van der Waals surface area contributed by atoms with E-state index in [9.17, 15) is 28.0 Å². The molecule has 0 aliphatic heterocycles. The molecule has 23 heavy (non-hydrogen) atoms. The van der Waals surface area contributed by atoms with E-state index in [1.807, 2.05) is 0 Å². The van der Waals surface area contributed by atoms with Crippen LogP contribution in [0.5, 0.6) is 0 Å². The van der Waals surface area contributed by atoms with E-state index in [1.165, 1.54) is 0 Å². The Hall–Kier alpha value is -2.78. The lowest BCUT2D eigenvalue weighted by Gasteiger charge is -2.03. The summed E-state index contributed by atoms with van der Waals surface area (Å²) in [6.07, 6.45) is 0.767. The highest BCUT2D eigenvalue weighted by molar-refractivity contribution is 6.30. The van der Waals surface area contributed by atoms with Gasteiger partial charge in [-0.2, -0.15) is 0 Å². The number of methoxy groups -OCH3 is 1. The van der Waals surface area contributed by atoms with Crippen molar-refractivity contribution < 1.29 is 46.9 Å². The zero-order chi connectivity index (χ0) is 17.8. The second-order valence-electron chi connectivity index (χ2n) is 3.74. The summed E-state index contributed by atoms with van der Waals surface area (Å²) in [6, 6.07) is 0. The molecule has 0 unspecified atom stereocenters. The minimum Gasteiger partial charge on any atom is -0.461 e. The second kappa shape index (κ2) is 10.9. The molecule has 0 fully saturated rings. The van der Waals surface area contributed by atoms with Crippen molar-refractivity contribution in [3.05, 3.63) is 24.3 Å². The SMILES string of the molecule is C=C(F)COC(=O)C(=O)OCC/C=C(\F)COC(=O)C(=O)OC. The van der Waals surface area contributed by atoms with Gasteiger partial charge in [0.1, 0.15) is 24.9 Å². The third-order valence-corrected chi connectivity index (χ3v) is 1.94. The molecule has 0 rings (SSSR count). The predicted octanol–water partition coefficient (Wildman–Crippen LogP) is 0.516. The number of ether oxygens (including phenoxy) is 4. The first kappa shape index (κ1) is 20.2. The van der Waals surface area contributed by atoms with Gasteiger partial charge in [0, 0.05) is 6.42 Å². The lowest BCUT2D eigenvalue weighted by molar-refractivity contribution is -0.167. The van der Waals surface area contributed by atoms with Gasteiger partial charge in [0.05, 0.1) is 13.7 Å². The highest BCUT2D eigenvalue weighted by Gasteiger charge is 2.18. The molecule has 0 radical (unpaired) electrons. The van der Waals surface area contributed by atoms with Gasteiger partial charge in [-0.15, -0.1) is 0 Å². The average molecular weight is 336 g/mol. The summed E-state index contributed by atoms with van der Waals surface area (Å²) in [4.78, 5) is 43.5. The molecule has 10 heteroatoms. The fourth-order valence-corrected chi connectivity index (χ4v) is 0.965. The third kappa shape index (κ3) is 9.72. The molecule has 0 aromatic rings. The van der Waals surface area contributed by atoms with Gasteiger partial charge in [-0.3, -0.25) is 0 Å². The molecule has 0 bridgehead atoms. The van der Waals surface area contributed by atoms with Crippen LogP contribution in [0.3, 0.4) is 0 Å². The summed E-state index contributed by atoms with van der Waals surface area (Å²) in [5.41, 5.74) is 0. The first-order valence-electron chi connectivity index (χ1n) is 6.04.